The highest BCUT2D eigenvalue weighted by Gasteiger charge is 2.34. The van der Waals surface area contributed by atoms with Gasteiger partial charge < -0.3 is 19.7 Å². The summed E-state index contributed by atoms with van der Waals surface area (Å²) >= 11 is 0. The molecule has 1 heterocycles. The molecular weight excluding hydrogens is 499 g/mol. The lowest BCUT2D eigenvalue weighted by Gasteiger charge is -2.19. The van der Waals surface area contributed by atoms with Gasteiger partial charge in [0.05, 0.1) is 17.8 Å². The van der Waals surface area contributed by atoms with Crippen molar-refractivity contribution >= 4 is 6.47 Å². The van der Waals surface area contributed by atoms with Crippen LogP contribution in [0.3, 0.4) is 0 Å². The van der Waals surface area contributed by atoms with Gasteiger partial charge in [0.15, 0.2) is 0 Å². The molecule has 0 amide bonds. The van der Waals surface area contributed by atoms with Gasteiger partial charge in [-0.05, 0) is 78.6 Å². The Hall–Kier alpha value is -3.59. The second-order valence-corrected chi connectivity index (χ2v) is 10.0. The van der Waals surface area contributed by atoms with Gasteiger partial charge in [0.1, 0.15) is 12.4 Å². The molecule has 38 heavy (non-hydrogen) atoms. The van der Waals surface area contributed by atoms with Crippen molar-refractivity contribution in [2.45, 2.75) is 58.4 Å². The van der Waals surface area contributed by atoms with E-state index in [0.29, 0.717) is 23.8 Å². The van der Waals surface area contributed by atoms with E-state index in [9.17, 15) is 18.3 Å². The molecule has 1 unspecified atom stereocenters. The van der Waals surface area contributed by atoms with E-state index in [4.69, 9.17) is 19.4 Å². The Kier molecular flexibility index (Phi) is 9.38. The van der Waals surface area contributed by atoms with Crippen LogP contribution in [0.5, 0.6) is 11.6 Å². The van der Waals surface area contributed by atoms with Crippen LogP contribution in [0.2, 0.25) is 0 Å². The lowest BCUT2D eigenvalue weighted by atomic mass is 9.97. The Morgan fingerprint density at radius 1 is 1.05 bits per heavy atom. The van der Waals surface area contributed by atoms with E-state index in [1.807, 2.05) is 18.3 Å². The fourth-order valence-corrected chi connectivity index (χ4v) is 4.28. The van der Waals surface area contributed by atoms with Crippen molar-refractivity contribution in [2.24, 2.45) is 5.92 Å². The summed E-state index contributed by atoms with van der Waals surface area (Å²) in [6.45, 7) is 5.52. The molecule has 0 saturated carbocycles. The first kappa shape index (κ1) is 29.0. The maximum Gasteiger partial charge on any atom is 0.417 e. The van der Waals surface area contributed by atoms with Crippen LogP contribution in [0.15, 0.2) is 54.7 Å². The van der Waals surface area contributed by atoms with Gasteiger partial charge >= 0.3 is 6.18 Å². The van der Waals surface area contributed by atoms with Crippen molar-refractivity contribution in [1.82, 2.24) is 4.98 Å². The molecule has 0 spiro atoms. The van der Waals surface area contributed by atoms with Crippen LogP contribution in [0, 0.1) is 5.92 Å². The van der Waals surface area contributed by atoms with Crippen molar-refractivity contribution in [3.63, 3.8) is 0 Å². The Morgan fingerprint density at radius 2 is 1.76 bits per heavy atom. The summed E-state index contributed by atoms with van der Waals surface area (Å²) < 4.78 is 53.0. The average Bonchev–Trinajstić information content (AvgIpc) is 3.21. The van der Waals surface area contributed by atoms with Crippen molar-refractivity contribution in [3.8, 4) is 22.8 Å². The summed E-state index contributed by atoms with van der Waals surface area (Å²) in [7, 11) is 0. The smallest absolute Gasteiger partial charge is 0.417 e. The predicted molar refractivity (Wildman–Crippen MR) is 137 cm³/mol. The Bertz CT molecular complexity index is 1240. The van der Waals surface area contributed by atoms with E-state index in [-0.39, 0.29) is 31.0 Å². The van der Waals surface area contributed by atoms with E-state index < -0.39 is 17.3 Å². The standard InChI is InChI=1S/C28H30F3NO3.CH2O2/c1-18-11-21-14-26(32-16-22(21)12-18)35-17-19-5-4-6-20(13-19)24-8-7-23(15-25(24)28(29,30)31)34-10-9-27(2,3)33;2-1-3/h4-8,13-16,18,33H,9-12,17H2,1-3H3;1H,(H,2,3). The number of carbonyl (C=O) groups is 1. The van der Waals surface area contributed by atoms with Crippen LogP contribution in [0.1, 0.15) is 49.4 Å². The highest BCUT2D eigenvalue weighted by atomic mass is 19.4. The number of hydrogen-bond acceptors (Lipinski definition) is 5. The molecule has 0 fully saturated rings. The number of halogens is 3. The van der Waals surface area contributed by atoms with Gasteiger partial charge in [-0.1, -0.05) is 31.2 Å². The van der Waals surface area contributed by atoms with E-state index >= 15 is 0 Å². The topological polar surface area (TPSA) is 88.9 Å². The Labute approximate surface area is 220 Å². The van der Waals surface area contributed by atoms with E-state index in [2.05, 4.69) is 11.9 Å². The minimum Gasteiger partial charge on any atom is -0.493 e. The molecule has 0 bridgehead atoms. The maximum atomic E-state index is 13.9. The molecule has 1 aliphatic rings. The fraction of sp³-hybridized carbons (Fsp3) is 0.379. The number of hydrogen-bond donors (Lipinski definition) is 2. The second kappa shape index (κ2) is 12.3. The van der Waals surface area contributed by atoms with Gasteiger partial charge in [0.25, 0.3) is 6.47 Å². The second-order valence-electron chi connectivity index (χ2n) is 10.0. The molecule has 0 aliphatic heterocycles. The number of fused-ring (bicyclic) bond motifs is 1. The third kappa shape index (κ3) is 8.21. The molecule has 3 aromatic rings. The molecular formula is C29H32F3NO5. The summed E-state index contributed by atoms with van der Waals surface area (Å²) in [6, 6.07) is 12.8. The highest BCUT2D eigenvalue weighted by molar-refractivity contribution is 5.69. The summed E-state index contributed by atoms with van der Waals surface area (Å²) in [5.41, 5.74) is 2.02. The number of aromatic nitrogens is 1. The molecule has 2 aromatic carbocycles. The fourth-order valence-electron chi connectivity index (χ4n) is 4.28. The van der Waals surface area contributed by atoms with Crippen LogP contribution >= 0.6 is 0 Å². The van der Waals surface area contributed by atoms with Crippen molar-refractivity contribution in [1.29, 1.82) is 0 Å². The number of carboxylic acid groups (broad SMARTS) is 1. The van der Waals surface area contributed by atoms with Crippen LogP contribution < -0.4 is 9.47 Å². The normalized spacial score (nSPS) is 14.8. The van der Waals surface area contributed by atoms with Gasteiger partial charge in [0.2, 0.25) is 5.88 Å². The molecule has 9 heteroatoms. The van der Waals surface area contributed by atoms with E-state index in [1.54, 1.807) is 32.0 Å². The molecule has 204 valence electrons. The lowest BCUT2D eigenvalue weighted by Crippen LogP contribution is -2.21. The number of alkyl halides is 3. The summed E-state index contributed by atoms with van der Waals surface area (Å²) in [5.74, 6) is 1.23. The first-order valence-electron chi connectivity index (χ1n) is 12.2. The monoisotopic (exact) mass is 531 g/mol. The molecule has 6 nitrogen and oxygen atoms in total. The minimum atomic E-state index is -4.55. The summed E-state index contributed by atoms with van der Waals surface area (Å²) in [6.07, 6.45) is -0.374. The molecule has 1 atom stereocenters. The number of benzene rings is 2. The third-order valence-electron chi connectivity index (χ3n) is 6.10. The van der Waals surface area contributed by atoms with Crippen molar-refractivity contribution in [3.05, 3.63) is 77.0 Å². The highest BCUT2D eigenvalue weighted by Crippen LogP contribution is 2.39. The average molecular weight is 532 g/mol. The van der Waals surface area contributed by atoms with Gasteiger partial charge in [-0.3, -0.25) is 4.79 Å². The zero-order chi connectivity index (χ0) is 27.9. The van der Waals surface area contributed by atoms with E-state index in [1.165, 1.54) is 23.3 Å². The first-order chi connectivity index (χ1) is 17.9. The molecule has 2 N–H and O–H groups in total. The molecule has 1 aromatic heterocycles. The molecule has 0 radical (unpaired) electrons. The third-order valence-corrected chi connectivity index (χ3v) is 6.10. The Morgan fingerprint density at radius 3 is 2.45 bits per heavy atom. The van der Waals surface area contributed by atoms with Crippen LogP contribution in [0.25, 0.3) is 11.1 Å². The summed E-state index contributed by atoms with van der Waals surface area (Å²) in [5, 5.41) is 16.7. The predicted octanol–water partition coefficient (Wildman–Crippen LogP) is 6.32. The van der Waals surface area contributed by atoms with Crippen molar-refractivity contribution in [2.75, 3.05) is 6.61 Å². The molecule has 1 aliphatic carbocycles. The number of aliphatic hydroxyl groups is 1. The Balaban J connectivity index is 0.00000127. The van der Waals surface area contributed by atoms with Crippen LogP contribution in [0.4, 0.5) is 13.2 Å². The number of nitrogens with zero attached hydrogens (tertiary/aromatic N) is 1. The van der Waals surface area contributed by atoms with Crippen LogP contribution in [-0.4, -0.2) is 33.9 Å². The van der Waals surface area contributed by atoms with Gasteiger partial charge in [-0.15, -0.1) is 0 Å². The number of pyridine rings is 1. The summed E-state index contributed by atoms with van der Waals surface area (Å²) in [4.78, 5) is 12.7. The maximum absolute atomic E-state index is 13.9. The zero-order valence-electron chi connectivity index (χ0n) is 21.6. The minimum absolute atomic E-state index is 0.0684. The van der Waals surface area contributed by atoms with Crippen molar-refractivity contribution < 1.29 is 37.7 Å². The zero-order valence-corrected chi connectivity index (χ0v) is 21.6. The first-order valence-corrected chi connectivity index (χ1v) is 12.2. The van der Waals surface area contributed by atoms with Gasteiger partial charge in [-0.25, -0.2) is 4.98 Å². The van der Waals surface area contributed by atoms with E-state index in [0.717, 1.165) is 24.5 Å². The SMILES string of the molecule is CC1Cc2cnc(OCc3cccc(-c4ccc(OCCC(C)(C)O)cc4C(F)(F)F)c3)cc2C1.O=CO. The number of rotatable bonds is 8. The quantitative estimate of drug-likeness (QED) is 0.331. The van der Waals surface area contributed by atoms with Crippen LogP contribution in [-0.2, 0) is 30.4 Å². The number of ether oxygens (including phenoxy) is 2. The van der Waals surface area contributed by atoms with Gasteiger partial charge in [-0.2, -0.15) is 13.2 Å². The molecule has 4 rings (SSSR count). The largest absolute Gasteiger partial charge is 0.493 e. The van der Waals surface area contributed by atoms with Gasteiger partial charge in [0, 0.05) is 18.7 Å². The lowest BCUT2D eigenvalue weighted by molar-refractivity contribution is -0.137. The molecule has 0 saturated heterocycles.